The Bertz CT molecular complexity index is 943. The van der Waals surface area contributed by atoms with Crippen molar-refractivity contribution in [2.75, 3.05) is 25.6 Å². The van der Waals surface area contributed by atoms with Crippen LogP contribution in [0.15, 0.2) is 60.2 Å². The molecule has 184 valence electrons. The van der Waals surface area contributed by atoms with Gasteiger partial charge in [-0.25, -0.2) is 10.3 Å². The standard InChI is InChI=1S/C25H32N2O7/c1-17(5-4-6-18(2)24(29)27-31)23(19-7-11-22(12-8-19)33-16-15-28)34-25(30)26-20-9-13-21(32-3)14-10-20/h6-14,17,23,28,31H,4-5,15-16H2,1-3H3,(H,26,30)(H,27,29)/b18-6+/t17-,23-/m1/s1. The summed E-state index contributed by atoms with van der Waals surface area (Å²) in [5.41, 5.74) is 3.35. The van der Waals surface area contributed by atoms with Gasteiger partial charge in [0.1, 0.15) is 24.2 Å². The van der Waals surface area contributed by atoms with E-state index in [1.165, 1.54) is 0 Å². The summed E-state index contributed by atoms with van der Waals surface area (Å²) in [5, 5.41) is 20.4. The zero-order valence-corrected chi connectivity index (χ0v) is 19.6. The number of ether oxygens (including phenoxy) is 3. The van der Waals surface area contributed by atoms with Crippen LogP contribution >= 0.6 is 0 Å². The largest absolute Gasteiger partial charge is 0.497 e. The summed E-state index contributed by atoms with van der Waals surface area (Å²) in [6.45, 7) is 3.67. The molecule has 2 amide bonds. The number of hydrogen-bond donors (Lipinski definition) is 4. The molecule has 0 heterocycles. The first-order valence-electron chi connectivity index (χ1n) is 10.9. The Labute approximate surface area is 199 Å². The van der Waals surface area contributed by atoms with Crippen LogP contribution in [0.25, 0.3) is 0 Å². The molecule has 0 unspecified atom stereocenters. The number of carbonyl (C=O) groups is 2. The topological polar surface area (TPSA) is 126 Å². The lowest BCUT2D eigenvalue weighted by Gasteiger charge is -2.25. The van der Waals surface area contributed by atoms with Crippen molar-refractivity contribution in [1.29, 1.82) is 0 Å². The second-order valence-corrected chi connectivity index (χ2v) is 7.70. The molecule has 0 aliphatic carbocycles. The number of nitrogens with one attached hydrogen (secondary N) is 2. The van der Waals surface area contributed by atoms with Crippen LogP contribution in [0.3, 0.4) is 0 Å². The third-order valence-corrected chi connectivity index (χ3v) is 5.19. The van der Waals surface area contributed by atoms with E-state index in [1.54, 1.807) is 62.0 Å². The van der Waals surface area contributed by atoms with Crippen LogP contribution in [0.5, 0.6) is 11.5 Å². The van der Waals surface area contributed by atoms with Gasteiger partial charge in [-0.1, -0.05) is 25.1 Å². The molecule has 0 fully saturated rings. The predicted octanol–water partition coefficient (Wildman–Crippen LogP) is 4.22. The highest BCUT2D eigenvalue weighted by atomic mass is 16.6. The fraction of sp³-hybridized carbons (Fsp3) is 0.360. The normalized spacial score (nSPS) is 12.9. The minimum Gasteiger partial charge on any atom is -0.497 e. The highest BCUT2D eigenvalue weighted by molar-refractivity contribution is 5.91. The molecular formula is C25H32N2O7. The average molecular weight is 473 g/mol. The number of hydroxylamine groups is 1. The molecule has 9 nitrogen and oxygen atoms in total. The molecule has 4 N–H and O–H groups in total. The molecule has 0 saturated heterocycles. The van der Waals surface area contributed by atoms with E-state index in [0.717, 1.165) is 5.56 Å². The van der Waals surface area contributed by atoms with E-state index >= 15 is 0 Å². The van der Waals surface area contributed by atoms with Gasteiger partial charge in [-0.05, 0) is 67.6 Å². The molecule has 34 heavy (non-hydrogen) atoms. The van der Waals surface area contributed by atoms with Crippen LogP contribution < -0.4 is 20.3 Å². The molecule has 9 heteroatoms. The Morgan fingerprint density at radius 2 is 1.71 bits per heavy atom. The highest BCUT2D eigenvalue weighted by Crippen LogP contribution is 2.31. The number of methoxy groups -OCH3 is 1. The molecule has 0 aromatic heterocycles. The SMILES string of the molecule is COc1ccc(NC(=O)O[C@@H](c2ccc(OCCO)cc2)[C@H](C)CC/C=C(\C)C(=O)NO)cc1. The predicted molar refractivity (Wildman–Crippen MR) is 127 cm³/mol. The first-order valence-corrected chi connectivity index (χ1v) is 10.9. The fourth-order valence-electron chi connectivity index (χ4n) is 3.26. The van der Waals surface area contributed by atoms with E-state index in [2.05, 4.69) is 5.32 Å². The maximum absolute atomic E-state index is 12.7. The van der Waals surface area contributed by atoms with Crippen molar-refractivity contribution in [3.05, 3.63) is 65.7 Å². The van der Waals surface area contributed by atoms with Gasteiger partial charge in [-0.15, -0.1) is 0 Å². The number of anilines is 1. The van der Waals surface area contributed by atoms with Crippen LogP contribution in [0.2, 0.25) is 0 Å². The summed E-state index contributed by atoms with van der Waals surface area (Å²) < 4.78 is 16.3. The molecule has 2 rings (SSSR count). The maximum Gasteiger partial charge on any atom is 0.412 e. The minimum atomic E-state index is -0.603. The van der Waals surface area contributed by atoms with Crippen LogP contribution in [0.1, 0.15) is 38.4 Å². The number of amides is 2. The summed E-state index contributed by atoms with van der Waals surface area (Å²) in [5.74, 6) is 0.623. The van der Waals surface area contributed by atoms with Gasteiger partial charge >= 0.3 is 6.09 Å². The van der Waals surface area contributed by atoms with Gasteiger partial charge in [0, 0.05) is 11.3 Å². The lowest BCUT2D eigenvalue weighted by molar-refractivity contribution is -0.125. The van der Waals surface area contributed by atoms with Crippen LogP contribution in [-0.4, -0.2) is 42.6 Å². The zero-order valence-electron chi connectivity index (χ0n) is 19.6. The number of carbonyl (C=O) groups excluding carboxylic acids is 2. The van der Waals surface area contributed by atoms with E-state index in [4.69, 9.17) is 24.5 Å². The zero-order chi connectivity index (χ0) is 24.9. The van der Waals surface area contributed by atoms with Crippen molar-refractivity contribution in [3.63, 3.8) is 0 Å². The summed E-state index contributed by atoms with van der Waals surface area (Å²) in [7, 11) is 1.57. The van der Waals surface area contributed by atoms with Crippen molar-refractivity contribution >= 4 is 17.7 Å². The number of hydrogen-bond acceptors (Lipinski definition) is 7. The number of benzene rings is 2. The quantitative estimate of drug-likeness (QED) is 0.207. The molecular weight excluding hydrogens is 440 g/mol. The Morgan fingerprint density at radius 3 is 2.29 bits per heavy atom. The molecule has 0 spiro atoms. The molecule has 0 bridgehead atoms. The second-order valence-electron chi connectivity index (χ2n) is 7.70. The van der Waals surface area contributed by atoms with Gasteiger partial charge in [0.25, 0.3) is 5.91 Å². The minimum absolute atomic E-state index is 0.0860. The van der Waals surface area contributed by atoms with Crippen molar-refractivity contribution < 1.29 is 34.1 Å². The van der Waals surface area contributed by atoms with Crippen LogP contribution in [-0.2, 0) is 9.53 Å². The first-order chi connectivity index (χ1) is 16.4. The Balaban J connectivity index is 2.13. The third kappa shape index (κ3) is 8.42. The van der Waals surface area contributed by atoms with Crippen LogP contribution in [0.4, 0.5) is 10.5 Å². The van der Waals surface area contributed by atoms with Gasteiger partial charge in [-0.2, -0.15) is 0 Å². The summed E-state index contributed by atoms with van der Waals surface area (Å²) in [4.78, 5) is 24.1. The second kappa shape index (κ2) is 13.9. The molecule has 2 aromatic carbocycles. The van der Waals surface area contributed by atoms with Gasteiger partial charge in [0.2, 0.25) is 0 Å². The molecule has 0 radical (unpaired) electrons. The Hall–Kier alpha value is -3.56. The van der Waals surface area contributed by atoms with E-state index in [0.29, 0.717) is 35.6 Å². The molecule has 0 aliphatic rings. The summed E-state index contributed by atoms with van der Waals surface area (Å²) >= 11 is 0. The van der Waals surface area contributed by atoms with Crippen LogP contribution in [0, 0.1) is 5.92 Å². The fourth-order valence-corrected chi connectivity index (χ4v) is 3.26. The van der Waals surface area contributed by atoms with Crippen molar-refractivity contribution in [1.82, 2.24) is 5.48 Å². The summed E-state index contributed by atoms with van der Waals surface area (Å²) in [6.07, 6.45) is 1.74. The van der Waals surface area contributed by atoms with E-state index < -0.39 is 18.1 Å². The lowest BCUT2D eigenvalue weighted by atomic mass is 9.92. The van der Waals surface area contributed by atoms with Crippen molar-refractivity contribution in [2.24, 2.45) is 5.92 Å². The van der Waals surface area contributed by atoms with Gasteiger partial charge < -0.3 is 19.3 Å². The van der Waals surface area contributed by atoms with E-state index in [-0.39, 0.29) is 19.1 Å². The number of allylic oxidation sites excluding steroid dienone is 1. The van der Waals surface area contributed by atoms with Gasteiger partial charge in [0.15, 0.2) is 0 Å². The molecule has 0 aliphatic heterocycles. The maximum atomic E-state index is 12.7. The van der Waals surface area contributed by atoms with Crippen molar-refractivity contribution in [2.45, 2.75) is 32.8 Å². The van der Waals surface area contributed by atoms with Gasteiger partial charge in [0.05, 0.1) is 13.7 Å². The summed E-state index contributed by atoms with van der Waals surface area (Å²) in [6, 6.07) is 14.0. The monoisotopic (exact) mass is 472 g/mol. The number of aliphatic hydroxyl groups is 1. The smallest absolute Gasteiger partial charge is 0.412 e. The Morgan fingerprint density at radius 1 is 1.06 bits per heavy atom. The molecule has 2 aromatic rings. The lowest BCUT2D eigenvalue weighted by Crippen LogP contribution is -2.22. The Kier molecular flexibility index (Phi) is 10.9. The van der Waals surface area contributed by atoms with Crippen molar-refractivity contribution in [3.8, 4) is 11.5 Å². The third-order valence-electron chi connectivity index (χ3n) is 5.19. The van der Waals surface area contributed by atoms with E-state index in [1.807, 2.05) is 19.1 Å². The first kappa shape index (κ1) is 26.7. The number of aliphatic hydroxyl groups excluding tert-OH is 1. The number of rotatable bonds is 12. The van der Waals surface area contributed by atoms with Gasteiger partial charge in [-0.3, -0.25) is 15.3 Å². The molecule has 0 saturated carbocycles. The van der Waals surface area contributed by atoms with E-state index in [9.17, 15) is 9.59 Å². The average Bonchev–Trinajstić information content (AvgIpc) is 2.86. The highest BCUT2D eigenvalue weighted by Gasteiger charge is 2.24. The molecule has 2 atom stereocenters.